The number of ether oxygens (including phenoxy) is 3. The van der Waals surface area contributed by atoms with E-state index >= 15 is 0 Å². The highest BCUT2D eigenvalue weighted by Gasteiger charge is 2.29. The first-order valence-electron chi connectivity index (χ1n) is 28.5. The lowest BCUT2D eigenvalue weighted by Crippen LogP contribution is -2.23. The summed E-state index contributed by atoms with van der Waals surface area (Å²) >= 11 is 3.95. The third kappa shape index (κ3) is 12.5. The number of hydrogen-bond donors (Lipinski definition) is 0. The Hall–Kier alpha value is -7.11. The second kappa shape index (κ2) is 26.2. The van der Waals surface area contributed by atoms with Gasteiger partial charge in [-0.3, -0.25) is 13.2 Å². The van der Waals surface area contributed by atoms with E-state index in [1.54, 1.807) is 43.4 Å². The molecule has 0 amide bonds. The molecule has 2 saturated heterocycles. The standard InChI is InChI=1S/C20H21FN4O3S.C20H21FN4OS.C20H19FN4OS.2CH4/c21-17-2-3-18-15(5-8-28-18)14(17)1-4-19-22-11-16(20-24-23-12-25(19)20)13-6-9-29(26,27)10-7-13;2*21-17-2-3-18-15(5-8-26-18)14(17)1-4-19-22-11-16(13-6-9-27-10-7-13)20-24-23-12-25(19)20;;/h2-3,11-13H,1,4-10H2;2-3,11-13H,1,4-10H2;2-3,6,11-12H,1,4-5,7-10H2;2*1H4. The predicted octanol–water partition coefficient (Wildman–Crippen LogP) is 10.6. The summed E-state index contributed by atoms with van der Waals surface area (Å²) in [7, 11) is -2.93. The second-order valence-electron chi connectivity index (χ2n) is 21.6. The quantitative estimate of drug-likeness (QED) is 0.112. The molecule has 0 N–H and O–H groups in total. The van der Waals surface area contributed by atoms with Gasteiger partial charge < -0.3 is 14.2 Å². The number of benzene rings is 3. The number of fused-ring (bicyclic) bond motifs is 6. The van der Waals surface area contributed by atoms with Crippen LogP contribution >= 0.6 is 23.5 Å². The molecule has 446 valence electrons. The Balaban J connectivity index is 0.000000131. The molecule has 85 heavy (non-hydrogen) atoms. The average molecular weight is 1220 g/mol. The van der Waals surface area contributed by atoms with Crippen molar-refractivity contribution in [2.75, 3.05) is 54.3 Å². The van der Waals surface area contributed by atoms with Crippen molar-refractivity contribution in [3.8, 4) is 17.2 Å². The van der Waals surface area contributed by atoms with E-state index in [0.29, 0.717) is 88.3 Å². The fourth-order valence-electron chi connectivity index (χ4n) is 12.4. The van der Waals surface area contributed by atoms with E-state index in [-0.39, 0.29) is 49.7 Å². The summed E-state index contributed by atoms with van der Waals surface area (Å²) in [4.78, 5) is 14.0. The van der Waals surface area contributed by atoms with Crippen molar-refractivity contribution in [2.45, 2.75) is 117 Å². The van der Waals surface area contributed by atoms with Crippen LogP contribution in [0.2, 0.25) is 0 Å². The number of nitrogens with zero attached hydrogens (tertiary/aromatic N) is 12. The van der Waals surface area contributed by atoms with E-state index in [1.807, 2.05) is 49.1 Å². The van der Waals surface area contributed by atoms with E-state index < -0.39 is 9.84 Å². The first-order chi connectivity index (χ1) is 40.6. The third-order valence-corrected chi connectivity index (χ3v) is 20.5. The van der Waals surface area contributed by atoms with Gasteiger partial charge in [0.15, 0.2) is 16.9 Å². The molecule has 23 heteroatoms. The highest BCUT2D eigenvalue weighted by Crippen LogP contribution is 2.37. The lowest BCUT2D eigenvalue weighted by Gasteiger charge is -2.22. The van der Waals surface area contributed by atoms with E-state index in [0.717, 1.165) is 135 Å². The van der Waals surface area contributed by atoms with E-state index in [1.165, 1.54) is 40.8 Å². The zero-order chi connectivity index (χ0) is 56.4. The van der Waals surface area contributed by atoms with E-state index in [4.69, 9.17) is 19.2 Å². The number of thioether (sulfide) groups is 2. The highest BCUT2D eigenvalue weighted by molar-refractivity contribution is 7.99. The first-order valence-corrected chi connectivity index (χ1v) is 32.6. The number of hydrogen-bond acceptors (Lipinski definition) is 16. The van der Waals surface area contributed by atoms with Gasteiger partial charge in [0.25, 0.3) is 0 Å². The monoisotopic (exact) mass is 1210 g/mol. The van der Waals surface area contributed by atoms with Crippen LogP contribution in [-0.4, -0.2) is 122 Å². The van der Waals surface area contributed by atoms with Gasteiger partial charge in [-0.1, -0.05) is 20.9 Å². The van der Waals surface area contributed by atoms with Crippen molar-refractivity contribution in [3.63, 3.8) is 0 Å². The largest absolute Gasteiger partial charge is 0.493 e. The molecule has 17 nitrogen and oxygen atoms in total. The van der Waals surface area contributed by atoms with Gasteiger partial charge in [0.1, 0.15) is 81.0 Å². The number of rotatable bonds is 12. The van der Waals surface area contributed by atoms with E-state index in [2.05, 4.69) is 46.6 Å². The fourth-order valence-corrected chi connectivity index (χ4v) is 15.9. The van der Waals surface area contributed by atoms with Crippen LogP contribution in [0, 0.1) is 17.5 Å². The Labute approximate surface area is 501 Å². The molecule has 0 bridgehead atoms. The van der Waals surface area contributed by atoms with Gasteiger partial charge in [-0.15, -0.1) is 30.6 Å². The van der Waals surface area contributed by atoms with Gasteiger partial charge >= 0.3 is 0 Å². The van der Waals surface area contributed by atoms with Crippen molar-refractivity contribution < 1.29 is 35.8 Å². The minimum absolute atomic E-state index is 0. The van der Waals surface area contributed by atoms with Crippen molar-refractivity contribution in [1.29, 1.82) is 0 Å². The van der Waals surface area contributed by atoms with Gasteiger partial charge in [0.05, 0.1) is 31.3 Å². The normalized spacial score (nSPS) is 17.0. The van der Waals surface area contributed by atoms with Crippen LogP contribution in [0.5, 0.6) is 17.2 Å². The van der Waals surface area contributed by atoms with Crippen molar-refractivity contribution in [1.82, 2.24) is 58.7 Å². The second-order valence-corrected chi connectivity index (χ2v) is 26.3. The summed E-state index contributed by atoms with van der Waals surface area (Å²) in [6, 6.07) is 9.61. The van der Waals surface area contributed by atoms with Gasteiger partial charge in [-0.05, 0) is 139 Å². The molecule has 6 aliphatic heterocycles. The van der Waals surface area contributed by atoms with Gasteiger partial charge in [-0.25, -0.2) is 36.5 Å². The number of aryl methyl sites for hydroxylation is 3. The molecule has 15 rings (SSSR count). The van der Waals surface area contributed by atoms with Crippen LogP contribution in [0.3, 0.4) is 0 Å². The molecule has 0 saturated carbocycles. The van der Waals surface area contributed by atoms with Crippen LogP contribution in [-0.2, 0) is 67.6 Å². The van der Waals surface area contributed by atoms with Gasteiger partial charge in [0, 0.05) is 96.2 Å². The minimum Gasteiger partial charge on any atom is -0.493 e. The molecule has 9 aromatic rings. The van der Waals surface area contributed by atoms with Crippen molar-refractivity contribution in [2.24, 2.45) is 0 Å². The molecule has 6 aliphatic rings. The van der Waals surface area contributed by atoms with Crippen LogP contribution in [0.25, 0.3) is 22.5 Å². The summed E-state index contributed by atoms with van der Waals surface area (Å²) in [5.41, 5.74) is 12.0. The zero-order valence-electron chi connectivity index (χ0n) is 45.7. The SMILES string of the molecule is C.C.Fc1ccc2c(c1CCc1ncc(C3=CCSCC3)c3nncn13)CCO2.Fc1ccc2c(c1CCc1ncc(C3CCSCC3)c3nncn13)CCO2.O=S1(=O)CCC(c2cnc(CCc3c(F)ccc4c3CCO4)n3cnnc23)CC1. The average Bonchev–Trinajstić information content (AvgIpc) is 3.42. The zero-order valence-corrected chi connectivity index (χ0v) is 48.1. The Morgan fingerprint density at radius 2 is 0.929 bits per heavy atom. The first kappa shape index (κ1) is 59.6. The minimum atomic E-state index is -2.93. The molecule has 3 aromatic carbocycles. The molecular formula is C62H69F3N12O5S3. The molecular weight excluding hydrogens is 1150 g/mol. The topological polar surface area (TPSA) is 191 Å². The number of aromatic nitrogens is 12. The summed E-state index contributed by atoms with van der Waals surface area (Å²) in [5, 5.41) is 25.2. The Kier molecular flexibility index (Phi) is 18.4. The lowest BCUT2D eigenvalue weighted by atomic mass is 9.95. The third-order valence-electron chi connectivity index (χ3n) is 16.9. The van der Waals surface area contributed by atoms with E-state index in [9.17, 15) is 21.6 Å². The van der Waals surface area contributed by atoms with Crippen LogP contribution in [0.15, 0.2) is 80.0 Å². The van der Waals surface area contributed by atoms with Crippen LogP contribution in [0.4, 0.5) is 13.2 Å². The number of allylic oxidation sites excluding steroid dienone is 1. The molecule has 0 aliphatic carbocycles. The lowest BCUT2D eigenvalue weighted by molar-refractivity contribution is 0.356. The Morgan fingerprint density at radius 1 is 0.506 bits per heavy atom. The smallest absolute Gasteiger partial charge is 0.171 e. The van der Waals surface area contributed by atoms with Gasteiger partial charge in [-0.2, -0.15) is 23.5 Å². The summed E-state index contributed by atoms with van der Waals surface area (Å²) in [6.45, 7) is 1.85. The molecule has 0 spiro atoms. The maximum atomic E-state index is 14.4. The molecule has 2 fully saturated rings. The van der Waals surface area contributed by atoms with Gasteiger partial charge in [0.2, 0.25) is 0 Å². The molecule has 12 heterocycles. The highest BCUT2D eigenvalue weighted by atomic mass is 32.2. The fraction of sp³-hybridized carbons (Fsp3) is 0.435. The van der Waals surface area contributed by atoms with Crippen molar-refractivity contribution >= 4 is 55.9 Å². The maximum absolute atomic E-state index is 14.4. The predicted molar refractivity (Wildman–Crippen MR) is 325 cm³/mol. The number of sulfone groups is 1. The van der Waals surface area contributed by atoms with Crippen molar-refractivity contribution in [3.05, 3.63) is 165 Å². The summed E-state index contributed by atoms with van der Waals surface area (Å²) < 4.78 is 89.1. The van der Waals surface area contributed by atoms with Crippen LogP contribution < -0.4 is 14.2 Å². The van der Waals surface area contributed by atoms with Crippen LogP contribution in [0.1, 0.15) is 126 Å². The summed E-state index contributed by atoms with van der Waals surface area (Å²) in [6.07, 6.45) is 23.2. The summed E-state index contributed by atoms with van der Waals surface area (Å²) in [5.74, 6) is 9.87. The molecule has 0 radical (unpaired) electrons. The molecule has 0 atom stereocenters. The Morgan fingerprint density at radius 3 is 1.38 bits per heavy atom. The maximum Gasteiger partial charge on any atom is 0.171 e. The number of halogens is 3. The Bertz CT molecular complexity index is 4020. The molecule has 0 unspecified atom stereocenters. The molecule has 6 aromatic heterocycles.